The van der Waals surface area contributed by atoms with Crippen molar-refractivity contribution in [3.05, 3.63) is 42.0 Å². The Bertz CT molecular complexity index is 796. The summed E-state index contributed by atoms with van der Waals surface area (Å²) < 4.78 is 16.2. The fourth-order valence-corrected chi connectivity index (χ4v) is 2.71. The number of aromatic nitrogens is 2. The predicted octanol–water partition coefficient (Wildman–Crippen LogP) is 3.24. The highest BCUT2D eigenvalue weighted by Crippen LogP contribution is 2.39. The van der Waals surface area contributed by atoms with E-state index in [1.807, 2.05) is 36.4 Å². The molecule has 0 bridgehead atoms. The molecule has 1 heterocycles. The van der Waals surface area contributed by atoms with Gasteiger partial charge in [0, 0.05) is 12.1 Å². The standard InChI is InChI=1S/C18H21N3O3/c1-22-15-9-8-12(16(23-2)17(15)24-3)10-11-19-18-20-13-6-4-5-7-14(13)21-18/h4-9H,10-11H2,1-3H3,(H2,19,20,21). The van der Waals surface area contributed by atoms with Crippen LogP contribution in [0.4, 0.5) is 5.95 Å². The number of nitrogens with one attached hydrogen (secondary N) is 2. The molecule has 24 heavy (non-hydrogen) atoms. The number of nitrogens with zero attached hydrogens (tertiary/aromatic N) is 1. The van der Waals surface area contributed by atoms with Crippen LogP contribution in [0.25, 0.3) is 11.0 Å². The SMILES string of the molecule is COc1ccc(CCNc2nc3ccccc3[nH]2)c(OC)c1OC. The minimum Gasteiger partial charge on any atom is -0.493 e. The summed E-state index contributed by atoms with van der Waals surface area (Å²) in [6.07, 6.45) is 0.764. The first kappa shape index (κ1) is 16.0. The van der Waals surface area contributed by atoms with Crippen molar-refractivity contribution in [1.29, 1.82) is 0 Å². The Labute approximate surface area is 140 Å². The molecule has 0 aliphatic carbocycles. The van der Waals surface area contributed by atoms with E-state index in [1.165, 1.54) is 0 Å². The van der Waals surface area contributed by atoms with Crippen molar-refractivity contribution in [2.75, 3.05) is 33.2 Å². The highest BCUT2D eigenvalue weighted by Gasteiger charge is 2.15. The van der Waals surface area contributed by atoms with Crippen LogP contribution < -0.4 is 19.5 Å². The minimum absolute atomic E-state index is 0.612. The maximum Gasteiger partial charge on any atom is 0.203 e. The molecular formula is C18H21N3O3. The molecule has 0 radical (unpaired) electrons. The molecule has 0 atom stereocenters. The number of rotatable bonds is 7. The third-order valence-electron chi connectivity index (χ3n) is 3.86. The molecule has 3 rings (SSSR count). The average molecular weight is 327 g/mol. The Morgan fingerprint density at radius 1 is 0.958 bits per heavy atom. The first-order valence-electron chi connectivity index (χ1n) is 7.73. The number of hydrogen-bond donors (Lipinski definition) is 2. The molecule has 2 aromatic carbocycles. The largest absolute Gasteiger partial charge is 0.493 e. The maximum absolute atomic E-state index is 5.50. The molecule has 1 aromatic heterocycles. The van der Waals surface area contributed by atoms with Crippen LogP contribution in [-0.2, 0) is 6.42 Å². The van der Waals surface area contributed by atoms with Crippen molar-refractivity contribution in [2.24, 2.45) is 0 Å². The van der Waals surface area contributed by atoms with Crippen molar-refractivity contribution in [2.45, 2.75) is 6.42 Å². The molecule has 0 unspecified atom stereocenters. The van der Waals surface area contributed by atoms with Gasteiger partial charge in [-0.1, -0.05) is 18.2 Å². The zero-order valence-electron chi connectivity index (χ0n) is 14.1. The van der Waals surface area contributed by atoms with Crippen molar-refractivity contribution in [3.8, 4) is 17.2 Å². The number of hydrogen-bond acceptors (Lipinski definition) is 5. The molecule has 6 nitrogen and oxygen atoms in total. The molecule has 6 heteroatoms. The summed E-state index contributed by atoms with van der Waals surface area (Å²) >= 11 is 0. The van der Waals surface area contributed by atoms with E-state index in [1.54, 1.807) is 21.3 Å². The van der Waals surface area contributed by atoms with E-state index in [0.29, 0.717) is 23.8 Å². The van der Waals surface area contributed by atoms with Crippen LogP contribution in [-0.4, -0.2) is 37.8 Å². The molecule has 3 aromatic rings. The van der Waals surface area contributed by atoms with E-state index in [-0.39, 0.29) is 0 Å². The summed E-state index contributed by atoms with van der Waals surface area (Å²) in [7, 11) is 4.85. The Kier molecular flexibility index (Phi) is 4.74. The molecule has 0 saturated carbocycles. The monoisotopic (exact) mass is 327 g/mol. The molecule has 0 amide bonds. The summed E-state index contributed by atoms with van der Waals surface area (Å²) in [5.41, 5.74) is 3.01. The number of H-pyrrole nitrogens is 1. The number of para-hydroxylation sites is 2. The lowest BCUT2D eigenvalue weighted by Crippen LogP contribution is -2.08. The highest BCUT2D eigenvalue weighted by atomic mass is 16.5. The third kappa shape index (κ3) is 3.08. The zero-order chi connectivity index (χ0) is 16.9. The molecule has 0 aliphatic rings. The lowest BCUT2D eigenvalue weighted by molar-refractivity contribution is 0.322. The first-order valence-corrected chi connectivity index (χ1v) is 7.73. The van der Waals surface area contributed by atoms with E-state index in [0.717, 1.165) is 29.0 Å². The van der Waals surface area contributed by atoms with Crippen LogP contribution in [0.2, 0.25) is 0 Å². The number of imidazole rings is 1. The molecule has 0 aliphatic heterocycles. The van der Waals surface area contributed by atoms with Gasteiger partial charge in [-0.15, -0.1) is 0 Å². The summed E-state index contributed by atoms with van der Waals surface area (Å²) in [4.78, 5) is 7.76. The predicted molar refractivity (Wildman–Crippen MR) is 94.4 cm³/mol. The smallest absolute Gasteiger partial charge is 0.203 e. The van der Waals surface area contributed by atoms with Gasteiger partial charge in [0.15, 0.2) is 11.5 Å². The fraction of sp³-hybridized carbons (Fsp3) is 0.278. The normalized spacial score (nSPS) is 10.6. The summed E-state index contributed by atoms with van der Waals surface area (Å²) in [5.74, 6) is 2.73. The molecule has 0 saturated heterocycles. The van der Waals surface area contributed by atoms with E-state index < -0.39 is 0 Å². The average Bonchev–Trinajstić information content (AvgIpc) is 3.03. The topological polar surface area (TPSA) is 68.4 Å². The molecule has 0 spiro atoms. The number of anilines is 1. The lowest BCUT2D eigenvalue weighted by atomic mass is 10.1. The van der Waals surface area contributed by atoms with Gasteiger partial charge < -0.3 is 24.5 Å². The summed E-state index contributed by atoms with van der Waals surface area (Å²) in [6, 6.07) is 11.8. The van der Waals surface area contributed by atoms with Gasteiger partial charge in [-0.05, 0) is 24.6 Å². The Hall–Kier alpha value is -2.89. The molecule has 126 valence electrons. The number of fused-ring (bicyclic) bond motifs is 1. The second kappa shape index (κ2) is 7.12. The van der Waals surface area contributed by atoms with Gasteiger partial charge in [0.25, 0.3) is 0 Å². The van der Waals surface area contributed by atoms with Crippen molar-refractivity contribution in [1.82, 2.24) is 9.97 Å². The third-order valence-corrected chi connectivity index (χ3v) is 3.86. The van der Waals surface area contributed by atoms with Gasteiger partial charge in [0.2, 0.25) is 11.7 Å². The number of methoxy groups -OCH3 is 3. The van der Waals surface area contributed by atoms with Gasteiger partial charge in [-0.3, -0.25) is 0 Å². The first-order chi connectivity index (χ1) is 11.8. The van der Waals surface area contributed by atoms with Crippen LogP contribution in [0.15, 0.2) is 36.4 Å². The Balaban J connectivity index is 1.72. The highest BCUT2D eigenvalue weighted by molar-refractivity contribution is 5.77. The van der Waals surface area contributed by atoms with Gasteiger partial charge >= 0.3 is 0 Å². The van der Waals surface area contributed by atoms with Crippen LogP contribution in [0.1, 0.15) is 5.56 Å². The van der Waals surface area contributed by atoms with Crippen LogP contribution in [0, 0.1) is 0 Å². The summed E-state index contributed by atoms with van der Waals surface area (Å²) in [5, 5.41) is 3.31. The molecule has 0 fully saturated rings. The van der Waals surface area contributed by atoms with Gasteiger partial charge in [-0.25, -0.2) is 4.98 Å². The maximum atomic E-state index is 5.50. The van der Waals surface area contributed by atoms with Gasteiger partial charge in [-0.2, -0.15) is 0 Å². The van der Waals surface area contributed by atoms with Gasteiger partial charge in [0.1, 0.15) is 0 Å². The quantitative estimate of drug-likeness (QED) is 0.697. The number of benzene rings is 2. The second-order valence-corrected chi connectivity index (χ2v) is 5.27. The Morgan fingerprint density at radius 3 is 2.46 bits per heavy atom. The van der Waals surface area contributed by atoms with Crippen LogP contribution >= 0.6 is 0 Å². The molecular weight excluding hydrogens is 306 g/mol. The minimum atomic E-state index is 0.612. The fourth-order valence-electron chi connectivity index (χ4n) is 2.71. The summed E-state index contributed by atoms with van der Waals surface area (Å²) in [6.45, 7) is 0.714. The molecule has 2 N–H and O–H groups in total. The van der Waals surface area contributed by atoms with Crippen LogP contribution in [0.5, 0.6) is 17.2 Å². The van der Waals surface area contributed by atoms with E-state index in [4.69, 9.17) is 14.2 Å². The second-order valence-electron chi connectivity index (χ2n) is 5.27. The van der Waals surface area contributed by atoms with Crippen LogP contribution in [0.3, 0.4) is 0 Å². The van der Waals surface area contributed by atoms with Crippen molar-refractivity contribution >= 4 is 17.0 Å². The van der Waals surface area contributed by atoms with E-state index in [2.05, 4.69) is 15.3 Å². The number of aromatic amines is 1. The van der Waals surface area contributed by atoms with Crippen molar-refractivity contribution < 1.29 is 14.2 Å². The van der Waals surface area contributed by atoms with Crippen molar-refractivity contribution in [3.63, 3.8) is 0 Å². The zero-order valence-corrected chi connectivity index (χ0v) is 14.1. The Morgan fingerprint density at radius 2 is 1.75 bits per heavy atom. The van der Waals surface area contributed by atoms with E-state index >= 15 is 0 Å². The number of ether oxygens (including phenoxy) is 3. The van der Waals surface area contributed by atoms with Gasteiger partial charge in [0.05, 0.1) is 32.4 Å². The van der Waals surface area contributed by atoms with E-state index in [9.17, 15) is 0 Å². The lowest BCUT2D eigenvalue weighted by Gasteiger charge is -2.15.